The zero-order chi connectivity index (χ0) is 67.9. The summed E-state index contributed by atoms with van der Waals surface area (Å²) in [6.45, 7) is 26.1. The number of hydrogen-bond donors (Lipinski definition) is 0. The van der Waals surface area contributed by atoms with E-state index in [-0.39, 0.29) is 121 Å². The fourth-order valence-electron chi connectivity index (χ4n) is 14.7. The summed E-state index contributed by atoms with van der Waals surface area (Å²) in [5.74, 6) is -5.80. The SMILES string of the molecule is CCC(C)(C)C(=O)OC(C)(C)C(=O)OC12CC3OC(=O)C(C1)C3C2.CCC(C)(C)C(=O)OC(C)C(=O)OC12CC3OC(=O)C(C1)C3C2.CCC(C)(C)C(=O)OCC(=O)OC12CC3OC(=O)C(C1)C3O2.CCC(C)(C)C(=O)OCCC(=O)OC12CC3OC(=O)C(C1)C3C2. The Balaban J connectivity index is 0.000000145. The Morgan fingerprint density at radius 1 is 0.446 bits per heavy atom. The Bertz CT molecular complexity index is 2980. The number of carbonyl (C=O) groups excluding carboxylic acids is 12. The van der Waals surface area contributed by atoms with E-state index >= 15 is 0 Å². The van der Waals surface area contributed by atoms with E-state index in [4.69, 9.17) is 61.6 Å². The molecule has 0 N–H and O–H groups in total. The maximum absolute atomic E-state index is 12.6. The van der Waals surface area contributed by atoms with Crippen LogP contribution in [-0.4, -0.2) is 150 Å². The summed E-state index contributed by atoms with van der Waals surface area (Å²) in [4.78, 5) is 144. The lowest BCUT2D eigenvalue weighted by atomic mass is 9.88. The molecule has 0 radical (unpaired) electrons. The quantitative estimate of drug-likeness (QED) is 0.0803. The van der Waals surface area contributed by atoms with E-state index in [0.29, 0.717) is 96.3 Å². The van der Waals surface area contributed by atoms with Gasteiger partial charge in [-0.25, -0.2) is 14.4 Å². The van der Waals surface area contributed by atoms with Crippen molar-refractivity contribution in [3.63, 3.8) is 0 Å². The van der Waals surface area contributed by atoms with E-state index in [9.17, 15) is 57.5 Å². The zero-order valence-electron chi connectivity index (χ0n) is 55.9. The Labute approximate surface area is 536 Å². The molecule has 17 atom stereocenters. The molecule has 92 heavy (non-hydrogen) atoms. The third kappa shape index (κ3) is 13.8. The second kappa shape index (κ2) is 25.1. The summed E-state index contributed by atoms with van der Waals surface area (Å²) in [5, 5.41) is 0. The first-order valence-electron chi connectivity index (χ1n) is 32.9. The van der Waals surface area contributed by atoms with E-state index < -0.39 is 98.4 Å². The van der Waals surface area contributed by atoms with Gasteiger partial charge >= 0.3 is 71.6 Å². The predicted molar refractivity (Wildman–Crippen MR) is 313 cm³/mol. The van der Waals surface area contributed by atoms with Gasteiger partial charge in [-0.1, -0.05) is 27.7 Å². The summed E-state index contributed by atoms with van der Waals surface area (Å²) >= 11 is 0. The lowest BCUT2D eigenvalue weighted by Crippen LogP contribution is -2.46. The fourth-order valence-corrected chi connectivity index (χ4v) is 14.7. The van der Waals surface area contributed by atoms with Crippen LogP contribution in [0.3, 0.4) is 0 Å². The molecule has 6 saturated carbocycles. The molecule has 0 spiro atoms. The van der Waals surface area contributed by atoms with Crippen molar-refractivity contribution in [1.82, 2.24) is 0 Å². The van der Waals surface area contributed by atoms with Crippen molar-refractivity contribution in [2.75, 3.05) is 13.2 Å². The highest BCUT2D eigenvalue weighted by Crippen LogP contribution is 2.61. The molecule has 8 bridgehead atoms. The van der Waals surface area contributed by atoms with Gasteiger partial charge in [0.1, 0.15) is 53.9 Å². The molecule has 0 aromatic rings. The smallest absolute Gasteiger partial charge is 0.350 e. The summed E-state index contributed by atoms with van der Waals surface area (Å²) in [6.07, 6.45) is 6.67. The highest BCUT2D eigenvalue weighted by atomic mass is 16.8. The van der Waals surface area contributed by atoms with Gasteiger partial charge in [-0.05, 0) is 121 Å². The molecule has 17 unspecified atom stereocenters. The van der Waals surface area contributed by atoms with Crippen molar-refractivity contribution >= 4 is 71.6 Å². The molecule has 12 aliphatic rings. The van der Waals surface area contributed by atoms with E-state index in [2.05, 4.69) is 0 Å². The van der Waals surface area contributed by atoms with E-state index in [1.165, 1.54) is 6.92 Å². The highest BCUT2D eigenvalue weighted by molar-refractivity contribution is 5.86. The van der Waals surface area contributed by atoms with E-state index in [0.717, 1.165) is 0 Å². The zero-order valence-corrected chi connectivity index (χ0v) is 55.9. The average Bonchev–Trinajstić information content (AvgIpc) is 1.59. The van der Waals surface area contributed by atoms with Crippen LogP contribution in [0.5, 0.6) is 0 Å². The van der Waals surface area contributed by atoms with Crippen LogP contribution in [0.4, 0.5) is 0 Å². The predicted octanol–water partition coefficient (Wildman–Crippen LogP) is 7.31. The number of rotatable bonds is 21. The molecule has 0 amide bonds. The number of carbonyl (C=O) groups is 12. The van der Waals surface area contributed by atoms with Gasteiger partial charge in [0.25, 0.3) is 0 Å². The summed E-state index contributed by atoms with van der Waals surface area (Å²) < 4.78 is 70.1. The lowest BCUT2D eigenvalue weighted by Gasteiger charge is -2.33. The minimum atomic E-state index is -1.36. The van der Waals surface area contributed by atoms with Crippen molar-refractivity contribution in [3.8, 4) is 0 Å². The monoisotopic (exact) mass is 1300 g/mol. The Morgan fingerprint density at radius 3 is 1.29 bits per heavy atom. The van der Waals surface area contributed by atoms with Crippen LogP contribution in [0.15, 0.2) is 0 Å². The van der Waals surface area contributed by atoms with Crippen LogP contribution in [0.25, 0.3) is 0 Å². The molecule has 0 aromatic carbocycles. The molecule has 512 valence electrons. The van der Waals surface area contributed by atoms with Crippen LogP contribution >= 0.6 is 0 Å². The Hall–Kier alpha value is -6.40. The first-order chi connectivity index (χ1) is 42.7. The summed E-state index contributed by atoms with van der Waals surface area (Å²) in [6, 6.07) is 0. The van der Waals surface area contributed by atoms with Gasteiger partial charge < -0.3 is 61.6 Å². The number of ether oxygens (including phenoxy) is 13. The number of esters is 12. The molecule has 12 fully saturated rings. The van der Waals surface area contributed by atoms with Crippen molar-refractivity contribution in [1.29, 1.82) is 0 Å². The topological polar surface area (TPSA) is 325 Å². The molecule has 6 aliphatic carbocycles. The molecular weight excluding hydrogens is 1200 g/mol. The minimum Gasteiger partial charge on any atom is -0.465 e. The first-order valence-corrected chi connectivity index (χ1v) is 32.9. The third-order valence-corrected chi connectivity index (χ3v) is 22.1. The van der Waals surface area contributed by atoms with Crippen LogP contribution < -0.4 is 0 Å². The summed E-state index contributed by atoms with van der Waals surface area (Å²) in [7, 11) is 0. The van der Waals surface area contributed by atoms with Gasteiger partial charge in [-0.2, -0.15) is 0 Å². The summed E-state index contributed by atoms with van der Waals surface area (Å²) in [5.41, 5.74) is -5.63. The second-order valence-electron chi connectivity index (χ2n) is 30.7. The van der Waals surface area contributed by atoms with Gasteiger partial charge in [0.2, 0.25) is 11.4 Å². The van der Waals surface area contributed by atoms with Crippen molar-refractivity contribution in [2.24, 2.45) is 63.1 Å². The standard InChI is InChI=1S/C18H26O6.2C17H24O6.C15H20O7/c1-6-16(2,3)14(20)23-17(4,5)15(21)24-18-7-10-11(8-18)13(19)22-12(10)9-18;1-5-16(3,4)15(20)21-9(2)13(18)23-17-6-10-11(7-17)14(19)22-12(10)8-17;1-4-16(2,3)15(20)21-6-5-13(18)23-17-7-10-11(8-17)14(19)22-12(10)9-17;1-4-14(2,3)13(18)19-7-10(16)21-15-5-8-11(22-15)9(6-15)20-12(8)17/h10-12H,6-9H2,1-5H3;9-12H,5-8H2,1-4H3;10-12H,4-9H2,1-3H3;8-9,11H,4-7H2,1-3H3. The van der Waals surface area contributed by atoms with Crippen LogP contribution in [-0.2, 0) is 119 Å². The maximum atomic E-state index is 12.6. The largest absolute Gasteiger partial charge is 0.465 e. The van der Waals surface area contributed by atoms with Gasteiger partial charge in [0.05, 0.1) is 58.2 Å². The minimum absolute atomic E-state index is 0.0306. The van der Waals surface area contributed by atoms with Crippen molar-refractivity contribution in [3.05, 3.63) is 0 Å². The molecule has 6 aliphatic heterocycles. The first kappa shape index (κ1) is 69.9. The molecule has 12 rings (SSSR count). The average molecular weight is 1300 g/mol. The van der Waals surface area contributed by atoms with Gasteiger partial charge in [0, 0.05) is 62.7 Å². The van der Waals surface area contributed by atoms with Crippen LogP contribution in [0.2, 0.25) is 0 Å². The van der Waals surface area contributed by atoms with E-state index in [1.807, 2.05) is 41.5 Å². The molecule has 6 saturated heterocycles. The molecule has 25 nitrogen and oxygen atoms in total. The second-order valence-corrected chi connectivity index (χ2v) is 30.7. The van der Waals surface area contributed by atoms with E-state index in [1.54, 1.807) is 55.4 Å². The fraction of sp³-hybridized carbons (Fsp3) is 0.821. The van der Waals surface area contributed by atoms with Crippen molar-refractivity contribution < 1.29 is 119 Å². The van der Waals surface area contributed by atoms with Crippen LogP contribution in [0, 0.1) is 63.1 Å². The molecule has 6 heterocycles. The van der Waals surface area contributed by atoms with Crippen molar-refractivity contribution in [2.45, 2.75) is 271 Å². The van der Waals surface area contributed by atoms with Gasteiger partial charge in [-0.15, -0.1) is 0 Å². The molecule has 0 aromatic heterocycles. The Kier molecular flexibility index (Phi) is 19.0. The third-order valence-electron chi connectivity index (χ3n) is 22.1. The Morgan fingerprint density at radius 2 is 0.859 bits per heavy atom. The molecular formula is C67H94O25. The highest BCUT2D eigenvalue weighted by Gasteiger charge is 2.70. The number of fused-ring (bicyclic) bond motifs is 4. The van der Waals surface area contributed by atoms with Gasteiger partial charge in [0.15, 0.2) is 12.7 Å². The normalized spacial score (nSPS) is 34.9. The molecule has 25 heteroatoms. The maximum Gasteiger partial charge on any atom is 0.350 e. The number of hydrogen-bond acceptors (Lipinski definition) is 25. The lowest BCUT2D eigenvalue weighted by molar-refractivity contribution is -0.211. The van der Waals surface area contributed by atoms with Crippen LogP contribution in [0.1, 0.15) is 207 Å². The van der Waals surface area contributed by atoms with Gasteiger partial charge in [-0.3, -0.25) is 43.2 Å².